The summed E-state index contributed by atoms with van der Waals surface area (Å²) < 4.78 is 30.9. The van der Waals surface area contributed by atoms with Gasteiger partial charge in [0, 0.05) is 32.3 Å². The summed E-state index contributed by atoms with van der Waals surface area (Å²) in [5, 5.41) is 12.4. The minimum absolute atomic E-state index is 0.137. The van der Waals surface area contributed by atoms with Crippen molar-refractivity contribution in [3.8, 4) is 0 Å². The van der Waals surface area contributed by atoms with Gasteiger partial charge in [-0.05, 0) is 57.9 Å². The van der Waals surface area contributed by atoms with Gasteiger partial charge in [-0.1, -0.05) is 48.5 Å². The molecule has 5 rings (SSSR count). The lowest BCUT2D eigenvalue weighted by molar-refractivity contribution is -0.344. The highest BCUT2D eigenvalue weighted by Crippen LogP contribution is 2.69. The highest BCUT2D eigenvalue weighted by Gasteiger charge is 2.84. The fourth-order valence-corrected chi connectivity index (χ4v) is 7.86. The lowest BCUT2D eigenvalue weighted by atomic mass is 9.47. The van der Waals surface area contributed by atoms with Gasteiger partial charge in [-0.2, -0.15) is 0 Å². The highest BCUT2D eigenvalue weighted by molar-refractivity contribution is 5.89. The largest absolute Gasteiger partial charge is 0.459 e. The number of fused-ring (bicyclic) bond motifs is 1. The van der Waals surface area contributed by atoms with Crippen molar-refractivity contribution in [2.24, 2.45) is 11.3 Å². The minimum Gasteiger partial charge on any atom is -0.459 e. The predicted molar refractivity (Wildman–Crippen MR) is 161 cm³/mol. The quantitative estimate of drug-likeness (QED) is 0.269. The second-order valence-electron chi connectivity index (χ2n) is 13.1. The predicted octanol–water partition coefficient (Wildman–Crippen LogP) is 4.43. The van der Waals surface area contributed by atoms with Crippen LogP contribution in [0.15, 0.2) is 66.7 Å². The summed E-state index contributed by atoms with van der Waals surface area (Å²) in [5.74, 6) is -3.16. The summed E-state index contributed by atoms with van der Waals surface area (Å²) in [6, 6.07) is 17.6. The number of rotatable bonds is 7. The van der Waals surface area contributed by atoms with Crippen molar-refractivity contribution in [3.63, 3.8) is 0 Å². The van der Waals surface area contributed by atoms with Gasteiger partial charge in [0.25, 0.3) is 0 Å². The smallest absolute Gasteiger partial charge is 0.338 e. The van der Waals surface area contributed by atoms with Crippen LogP contribution in [0.3, 0.4) is 0 Å². The summed E-state index contributed by atoms with van der Waals surface area (Å²) in [6.45, 7) is 9.33. The van der Waals surface area contributed by atoms with Gasteiger partial charge in [0.05, 0.1) is 22.2 Å². The van der Waals surface area contributed by atoms with E-state index in [1.54, 1.807) is 43.3 Å². The third-order valence-electron chi connectivity index (χ3n) is 9.67. The molecule has 2 bridgehead atoms. The first-order valence-corrected chi connectivity index (χ1v) is 15.1. The maximum Gasteiger partial charge on any atom is 0.338 e. The SMILES string of the molecule is CC(=O)OC1C[C@@](C)(O)[C@]23OC(C)(C)[C@@H](CC(OC(=O)c4ccccc4)[C@]2(C)C1OC(=O)/C=C/c1ccccc1)C3OC(C)=O. The Morgan fingerprint density at radius 3 is 2.02 bits per heavy atom. The molecular weight excluding hydrogens is 580 g/mol. The van der Waals surface area contributed by atoms with Crippen LogP contribution in [0.4, 0.5) is 0 Å². The van der Waals surface area contributed by atoms with Crippen molar-refractivity contribution in [2.75, 3.05) is 0 Å². The van der Waals surface area contributed by atoms with Crippen LogP contribution in [-0.4, -0.2) is 70.2 Å². The van der Waals surface area contributed by atoms with Crippen molar-refractivity contribution in [2.45, 2.75) is 95.6 Å². The molecule has 1 saturated heterocycles. The standard InChI is InChI=1S/C35H40O10/c1-21(36)41-26-20-33(5,40)35-29(42-22(2)37)25(32(3,4)45-35)19-27(43-31(39)24-15-11-8-12-16-24)34(35,6)30(26)44-28(38)18-17-23-13-9-7-10-14-23/h7-18,25-27,29-30,40H,19-20H2,1-6H3/b18-17+/t25-,26?,27?,29?,30?,33+,34+,35-/m0/s1. The number of ether oxygens (including phenoxy) is 5. The first-order chi connectivity index (χ1) is 21.1. The molecule has 3 aliphatic rings. The Labute approximate surface area is 262 Å². The van der Waals surface area contributed by atoms with E-state index in [2.05, 4.69) is 0 Å². The Balaban J connectivity index is 1.67. The van der Waals surface area contributed by atoms with Gasteiger partial charge in [0.15, 0.2) is 6.10 Å². The monoisotopic (exact) mass is 620 g/mol. The van der Waals surface area contributed by atoms with E-state index < -0.39 is 76.4 Å². The zero-order valence-corrected chi connectivity index (χ0v) is 26.4. The van der Waals surface area contributed by atoms with Crippen LogP contribution in [0.2, 0.25) is 0 Å². The first kappa shape index (κ1) is 32.4. The van der Waals surface area contributed by atoms with Crippen molar-refractivity contribution in [1.82, 2.24) is 0 Å². The molecule has 240 valence electrons. The Hall–Kier alpha value is -4.02. The molecule has 2 aliphatic carbocycles. The maximum atomic E-state index is 13.6. The van der Waals surface area contributed by atoms with Gasteiger partial charge in [0.1, 0.15) is 23.9 Å². The summed E-state index contributed by atoms with van der Waals surface area (Å²) in [5.41, 5.74) is -5.11. The second kappa shape index (κ2) is 11.7. The third-order valence-corrected chi connectivity index (χ3v) is 9.67. The lowest BCUT2D eigenvalue weighted by Crippen LogP contribution is -2.81. The van der Waals surface area contributed by atoms with E-state index in [4.69, 9.17) is 23.7 Å². The van der Waals surface area contributed by atoms with E-state index in [1.165, 1.54) is 26.8 Å². The second-order valence-corrected chi connectivity index (χ2v) is 13.1. The number of benzene rings is 2. The van der Waals surface area contributed by atoms with E-state index >= 15 is 0 Å². The summed E-state index contributed by atoms with van der Waals surface area (Å²) in [4.78, 5) is 52.0. The highest BCUT2D eigenvalue weighted by atomic mass is 16.6. The molecule has 0 amide bonds. The molecule has 2 aromatic carbocycles. The van der Waals surface area contributed by atoms with E-state index in [9.17, 15) is 24.3 Å². The zero-order valence-electron chi connectivity index (χ0n) is 26.4. The van der Waals surface area contributed by atoms with Crippen LogP contribution < -0.4 is 0 Å². The average Bonchev–Trinajstić information content (AvgIpc) is 3.15. The molecule has 0 radical (unpaired) electrons. The van der Waals surface area contributed by atoms with Crippen molar-refractivity contribution >= 4 is 30.0 Å². The molecule has 4 unspecified atom stereocenters. The molecule has 1 spiro atoms. The number of carbonyl (C=O) groups is 4. The molecule has 2 aromatic rings. The zero-order chi connectivity index (χ0) is 32.8. The normalized spacial score (nSPS) is 34.8. The summed E-state index contributed by atoms with van der Waals surface area (Å²) in [6.07, 6.45) is -1.76. The van der Waals surface area contributed by atoms with Crippen molar-refractivity contribution < 1.29 is 48.0 Å². The van der Waals surface area contributed by atoms with Crippen LogP contribution in [0.5, 0.6) is 0 Å². The molecule has 8 atom stereocenters. The summed E-state index contributed by atoms with van der Waals surface area (Å²) in [7, 11) is 0. The molecular formula is C35H40O10. The summed E-state index contributed by atoms with van der Waals surface area (Å²) >= 11 is 0. The first-order valence-electron chi connectivity index (χ1n) is 15.1. The average molecular weight is 621 g/mol. The minimum atomic E-state index is -1.82. The lowest BCUT2D eigenvalue weighted by Gasteiger charge is -2.65. The van der Waals surface area contributed by atoms with Crippen LogP contribution in [0.1, 0.15) is 70.3 Å². The number of hydrogen-bond acceptors (Lipinski definition) is 10. The number of carbonyl (C=O) groups excluding carboxylic acids is 4. The third kappa shape index (κ3) is 5.55. The van der Waals surface area contributed by atoms with Crippen LogP contribution in [0.25, 0.3) is 6.08 Å². The van der Waals surface area contributed by atoms with Crippen LogP contribution in [0, 0.1) is 11.3 Å². The molecule has 3 fully saturated rings. The van der Waals surface area contributed by atoms with Crippen LogP contribution in [-0.2, 0) is 38.1 Å². The number of esters is 4. The Kier molecular flexibility index (Phi) is 8.44. The van der Waals surface area contributed by atoms with Gasteiger partial charge in [0.2, 0.25) is 0 Å². The molecule has 10 heteroatoms. The fraction of sp³-hybridized carbons (Fsp3) is 0.486. The molecule has 10 nitrogen and oxygen atoms in total. The van der Waals surface area contributed by atoms with Gasteiger partial charge in [-0.15, -0.1) is 0 Å². The topological polar surface area (TPSA) is 135 Å². The number of aliphatic hydroxyl groups is 1. The van der Waals surface area contributed by atoms with E-state index in [0.29, 0.717) is 5.56 Å². The van der Waals surface area contributed by atoms with E-state index in [0.717, 1.165) is 5.56 Å². The van der Waals surface area contributed by atoms with E-state index in [-0.39, 0.29) is 12.8 Å². The molecule has 1 aliphatic heterocycles. The molecule has 45 heavy (non-hydrogen) atoms. The molecule has 2 saturated carbocycles. The van der Waals surface area contributed by atoms with Crippen molar-refractivity contribution in [3.05, 3.63) is 77.9 Å². The molecule has 1 N–H and O–H groups in total. The van der Waals surface area contributed by atoms with Gasteiger partial charge in [-0.25, -0.2) is 9.59 Å². The number of hydrogen-bond donors (Lipinski definition) is 1. The molecule has 1 heterocycles. The van der Waals surface area contributed by atoms with Gasteiger partial charge < -0.3 is 28.8 Å². The van der Waals surface area contributed by atoms with Crippen LogP contribution >= 0.6 is 0 Å². The van der Waals surface area contributed by atoms with Crippen molar-refractivity contribution in [1.29, 1.82) is 0 Å². The van der Waals surface area contributed by atoms with Gasteiger partial charge >= 0.3 is 23.9 Å². The van der Waals surface area contributed by atoms with E-state index in [1.807, 2.05) is 44.2 Å². The Bertz CT molecular complexity index is 1480. The Morgan fingerprint density at radius 1 is 0.822 bits per heavy atom. The van der Waals surface area contributed by atoms with Gasteiger partial charge in [-0.3, -0.25) is 9.59 Å². The maximum absolute atomic E-state index is 13.6. The molecule has 0 aromatic heterocycles. The Morgan fingerprint density at radius 2 is 1.42 bits per heavy atom. The fourth-order valence-electron chi connectivity index (χ4n) is 7.86.